The molecule has 0 aliphatic rings. The summed E-state index contributed by atoms with van der Waals surface area (Å²) in [6, 6.07) is 0.107. The predicted octanol–water partition coefficient (Wildman–Crippen LogP) is 1.10. The molecule has 0 fully saturated rings. The van der Waals surface area contributed by atoms with Crippen LogP contribution in [-0.2, 0) is 7.05 Å². The van der Waals surface area contributed by atoms with Crippen molar-refractivity contribution < 1.29 is 4.74 Å². The first-order chi connectivity index (χ1) is 7.15. The van der Waals surface area contributed by atoms with Crippen LogP contribution >= 0.6 is 23.2 Å². The van der Waals surface area contributed by atoms with Crippen molar-refractivity contribution in [2.45, 2.75) is 0 Å². The van der Waals surface area contributed by atoms with E-state index < -0.39 is 0 Å². The Kier molecular flexibility index (Phi) is 2.65. The van der Waals surface area contributed by atoms with Gasteiger partial charge in [0.1, 0.15) is 6.33 Å². The van der Waals surface area contributed by atoms with Crippen molar-refractivity contribution in [1.82, 2.24) is 29.9 Å². The van der Waals surface area contributed by atoms with Crippen molar-refractivity contribution in [3.63, 3.8) is 0 Å². The minimum Gasteiger partial charge on any atom is -0.401 e. The monoisotopic (exact) mass is 246 g/mol. The second kappa shape index (κ2) is 3.95. The lowest BCUT2D eigenvalue weighted by Gasteiger charge is -1.99. The standard InChI is InChI=1S/C6H4Cl2N6O/c1-14-2-9-6(13-14)15-4-3(7)11-12-5(8)10-4/h2H,1H3. The Labute approximate surface area is 94.0 Å². The van der Waals surface area contributed by atoms with E-state index in [4.69, 9.17) is 27.9 Å². The van der Waals surface area contributed by atoms with Crippen LogP contribution in [0, 0.1) is 0 Å². The van der Waals surface area contributed by atoms with E-state index in [1.807, 2.05) is 0 Å². The molecule has 78 valence electrons. The Morgan fingerprint density at radius 1 is 1.33 bits per heavy atom. The number of hydrogen-bond acceptors (Lipinski definition) is 6. The van der Waals surface area contributed by atoms with Gasteiger partial charge in [-0.25, -0.2) is 0 Å². The molecule has 0 aliphatic heterocycles. The molecule has 2 rings (SSSR count). The molecule has 0 bridgehead atoms. The number of ether oxygens (including phenoxy) is 1. The van der Waals surface area contributed by atoms with Crippen LogP contribution in [0.15, 0.2) is 6.33 Å². The van der Waals surface area contributed by atoms with Crippen LogP contribution < -0.4 is 4.74 Å². The second-order valence-electron chi connectivity index (χ2n) is 2.48. The number of halogens is 2. The predicted molar refractivity (Wildman–Crippen MR) is 50.9 cm³/mol. The average molecular weight is 247 g/mol. The maximum absolute atomic E-state index is 5.67. The van der Waals surface area contributed by atoms with Crippen molar-refractivity contribution in [2.24, 2.45) is 7.05 Å². The lowest BCUT2D eigenvalue weighted by molar-refractivity contribution is 0.418. The molecule has 0 radical (unpaired) electrons. The highest BCUT2D eigenvalue weighted by molar-refractivity contribution is 6.31. The fourth-order valence-electron chi connectivity index (χ4n) is 0.798. The van der Waals surface area contributed by atoms with E-state index >= 15 is 0 Å². The fraction of sp³-hybridized carbons (Fsp3) is 0.167. The van der Waals surface area contributed by atoms with Crippen molar-refractivity contribution in [1.29, 1.82) is 0 Å². The van der Waals surface area contributed by atoms with Crippen molar-refractivity contribution in [2.75, 3.05) is 0 Å². The zero-order chi connectivity index (χ0) is 10.8. The van der Waals surface area contributed by atoms with E-state index in [9.17, 15) is 0 Å². The highest BCUT2D eigenvalue weighted by Gasteiger charge is 2.10. The molecule has 0 aromatic carbocycles. The van der Waals surface area contributed by atoms with Crippen LogP contribution in [0.2, 0.25) is 10.4 Å². The second-order valence-corrected chi connectivity index (χ2v) is 3.18. The quantitative estimate of drug-likeness (QED) is 0.790. The first-order valence-corrected chi connectivity index (χ1v) is 4.50. The summed E-state index contributed by atoms with van der Waals surface area (Å²) in [5, 5.41) is 10.7. The number of aromatic nitrogens is 6. The molecule has 0 N–H and O–H groups in total. The van der Waals surface area contributed by atoms with E-state index in [0.29, 0.717) is 0 Å². The highest BCUT2D eigenvalue weighted by Crippen LogP contribution is 2.22. The lowest BCUT2D eigenvalue weighted by Crippen LogP contribution is -1.96. The van der Waals surface area contributed by atoms with Gasteiger partial charge in [0.15, 0.2) is 0 Å². The maximum Gasteiger partial charge on any atom is 0.342 e. The molecule has 0 aliphatic carbocycles. The third kappa shape index (κ3) is 2.31. The van der Waals surface area contributed by atoms with Crippen LogP contribution in [0.4, 0.5) is 0 Å². The number of aryl methyl sites for hydroxylation is 1. The number of nitrogens with zero attached hydrogens (tertiary/aromatic N) is 6. The van der Waals surface area contributed by atoms with Crippen LogP contribution in [0.5, 0.6) is 11.9 Å². The van der Waals surface area contributed by atoms with E-state index in [-0.39, 0.29) is 22.3 Å². The van der Waals surface area contributed by atoms with Crippen molar-refractivity contribution >= 4 is 23.2 Å². The van der Waals surface area contributed by atoms with Gasteiger partial charge in [-0.15, -0.1) is 15.3 Å². The van der Waals surface area contributed by atoms with E-state index in [1.165, 1.54) is 11.0 Å². The van der Waals surface area contributed by atoms with Gasteiger partial charge in [-0.05, 0) is 11.6 Å². The van der Waals surface area contributed by atoms with E-state index in [0.717, 1.165) is 0 Å². The Morgan fingerprint density at radius 2 is 2.13 bits per heavy atom. The maximum atomic E-state index is 5.67. The van der Waals surface area contributed by atoms with Crippen LogP contribution in [0.3, 0.4) is 0 Å². The Balaban J connectivity index is 2.27. The Bertz CT molecular complexity index is 486. The fourth-order valence-corrected chi connectivity index (χ4v) is 1.03. The lowest BCUT2D eigenvalue weighted by atomic mass is 10.8. The largest absolute Gasteiger partial charge is 0.401 e. The van der Waals surface area contributed by atoms with Crippen LogP contribution in [0.1, 0.15) is 0 Å². The molecule has 0 amide bonds. The summed E-state index contributed by atoms with van der Waals surface area (Å²) in [6.07, 6.45) is 1.47. The van der Waals surface area contributed by atoms with Gasteiger partial charge in [0, 0.05) is 7.05 Å². The molecule has 0 saturated carbocycles. The molecule has 2 aromatic rings. The highest BCUT2D eigenvalue weighted by atomic mass is 35.5. The molecular weight excluding hydrogens is 243 g/mol. The molecule has 15 heavy (non-hydrogen) atoms. The SMILES string of the molecule is Cn1cnc(Oc2nc(Cl)nnc2Cl)n1. The molecule has 0 saturated heterocycles. The minimum absolute atomic E-state index is 0.00754. The third-order valence-electron chi connectivity index (χ3n) is 1.36. The number of rotatable bonds is 2. The molecule has 9 heteroatoms. The van der Waals surface area contributed by atoms with Crippen molar-refractivity contribution in [3.8, 4) is 11.9 Å². The molecule has 2 heterocycles. The van der Waals surface area contributed by atoms with E-state index in [2.05, 4.69) is 25.3 Å². The van der Waals surface area contributed by atoms with E-state index in [1.54, 1.807) is 7.05 Å². The summed E-state index contributed by atoms with van der Waals surface area (Å²) in [6.45, 7) is 0. The third-order valence-corrected chi connectivity index (χ3v) is 1.75. The van der Waals surface area contributed by atoms with Gasteiger partial charge < -0.3 is 4.74 Å². The minimum atomic E-state index is -0.0645. The van der Waals surface area contributed by atoms with Gasteiger partial charge >= 0.3 is 6.01 Å². The first-order valence-electron chi connectivity index (χ1n) is 3.74. The summed E-state index contributed by atoms with van der Waals surface area (Å²) in [4.78, 5) is 7.55. The molecule has 0 atom stereocenters. The number of hydrogen-bond donors (Lipinski definition) is 0. The summed E-state index contributed by atoms with van der Waals surface area (Å²) in [5.74, 6) is 0.0165. The molecular formula is C6H4Cl2N6O. The summed E-state index contributed by atoms with van der Waals surface area (Å²) in [5.41, 5.74) is 0. The van der Waals surface area contributed by atoms with Gasteiger partial charge in [0.2, 0.25) is 10.4 Å². The van der Waals surface area contributed by atoms with Gasteiger partial charge in [-0.3, -0.25) is 4.68 Å². The summed E-state index contributed by atoms with van der Waals surface area (Å²) in [7, 11) is 1.70. The Morgan fingerprint density at radius 3 is 2.80 bits per heavy atom. The van der Waals surface area contributed by atoms with Crippen molar-refractivity contribution in [3.05, 3.63) is 16.8 Å². The average Bonchev–Trinajstić information content (AvgIpc) is 2.58. The van der Waals surface area contributed by atoms with Gasteiger partial charge in [-0.2, -0.15) is 9.97 Å². The van der Waals surface area contributed by atoms with Gasteiger partial charge in [0.05, 0.1) is 0 Å². The Hall–Kier alpha value is -1.47. The first kappa shape index (κ1) is 10.1. The zero-order valence-corrected chi connectivity index (χ0v) is 8.94. The van der Waals surface area contributed by atoms with Gasteiger partial charge in [-0.1, -0.05) is 11.6 Å². The molecule has 7 nitrogen and oxygen atoms in total. The smallest absolute Gasteiger partial charge is 0.342 e. The summed E-state index contributed by atoms with van der Waals surface area (Å²) >= 11 is 11.2. The van der Waals surface area contributed by atoms with Gasteiger partial charge in [0.25, 0.3) is 5.88 Å². The topological polar surface area (TPSA) is 78.6 Å². The van der Waals surface area contributed by atoms with Crippen LogP contribution in [-0.4, -0.2) is 29.9 Å². The molecule has 0 unspecified atom stereocenters. The zero-order valence-electron chi connectivity index (χ0n) is 7.42. The molecule has 0 spiro atoms. The van der Waals surface area contributed by atoms with Crippen LogP contribution in [0.25, 0.3) is 0 Å². The molecule has 2 aromatic heterocycles. The summed E-state index contributed by atoms with van der Waals surface area (Å²) < 4.78 is 6.61. The normalized spacial score (nSPS) is 10.3.